The largest absolute Gasteiger partial charge is 0.456 e. The Labute approximate surface area is 324 Å². The SMILES string of the molecule is c1ccc(-c2nc(-c3ccc(-c4cccc5oc6ccccc6c45)cc3)nc(-c3ccc4ccc5oc6ccc7oc(-c8ccccc8)nc7c6c5c4c3)n2)cc1. The topological polar surface area (TPSA) is 91.0 Å². The molecule has 12 rings (SSSR count). The Morgan fingerprint density at radius 1 is 0.316 bits per heavy atom. The summed E-state index contributed by atoms with van der Waals surface area (Å²) in [6.45, 7) is 0. The number of hydrogen-bond acceptors (Lipinski definition) is 7. The van der Waals surface area contributed by atoms with Crippen LogP contribution in [0.2, 0.25) is 0 Å². The highest BCUT2D eigenvalue weighted by Gasteiger charge is 2.20. The van der Waals surface area contributed by atoms with Gasteiger partial charge in [-0.15, -0.1) is 0 Å². The van der Waals surface area contributed by atoms with Crippen LogP contribution >= 0.6 is 0 Å². The molecule has 266 valence electrons. The van der Waals surface area contributed by atoms with Crippen molar-refractivity contribution in [2.24, 2.45) is 0 Å². The van der Waals surface area contributed by atoms with Crippen LogP contribution in [0.1, 0.15) is 0 Å². The summed E-state index contributed by atoms with van der Waals surface area (Å²) in [5, 5.41) is 6.15. The number of hydrogen-bond donors (Lipinski definition) is 0. The molecule has 0 saturated heterocycles. The predicted molar refractivity (Wildman–Crippen MR) is 227 cm³/mol. The van der Waals surface area contributed by atoms with Crippen molar-refractivity contribution in [2.45, 2.75) is 0 Å². The number of oxazole rings is 1. The summed E-state index contributed by atoms with van der Waals surface area (Å²) in [5.74, 6) is 2.32. The number of benzene rings is 8. The maximum atomic E-state index is 6.44. The summed E-state index contributed by atoms with van der Waals surface area (Å²) in [7, 11) is 0. The van der Waals surface area contributed by atoms with Gasteiger partial charge in [-0.25, -0.2) is 19.9 Å². The molecule has 0 amide bonds. The van der Waals surface area contributed by atoms with Gasteiger partial charge in [-0.3, -0.25) is 0 Å². The van der Waals surface area contributed by atoms with Gasteiger partial charge in [0.05, 0.1) is 5.39 Å². The fraction of sp³-hybridized carbons (Fsp3) is 0. The highest BCUT2D eigenvalue weighted by atomic mass is 16.4. The maximum absolute atomic E-state index is 6.44. The lowest BCUT2D eigenvalue weighted by Crippen LogP contribution is -2.00. The van der Waals surface area contributed by atoms with Crippen LogP contribution in [-0.2, 0) is 0 Å². The average Bonchev–Trinajstić information content (AvgIpc) is 4.00. The third-order valence-electron chi connectivity index (χ3n) is 10.8. The van der Waals surface area contributed by atoms with Crippen LogP contribution in [0.5, 0.6) is 0 Å². The minimum absolute atomic E-state index is 0.569. The molecule has 0 radical (unpaired) electrons. The molecule has 7 nitrogen and oxygen atoms in total. The third-order valence-corrected chi connectivity index (χ3v) is 10.8. The third kappa shape index (κ3) is 5.06. The average molecular weight is 733 g/mol. The van der Waals surface area contributed by atoms with E-state index in [0.29, 0.717) is 28.9 Å². The molecule has 0 unspecified atom stereocenters. The van der Waals surface area contributed by atoms with Gasteiger partial charge in [0, 0.05) is 38.4 Å². The summed E-state index contributed by atoms with van der Waals surface area (Å²) in [4.78, 5) is 20.2. The standard InChI is InChI=1S/C50H28N4O3/c1-3-10-31(11-4-1)47-52-48(32-21-18-29(19-22-32)35-15-9-17-39-43(35)36-14-7-8-16-38(36)55-39)54-49(53-47)34-23-20-30-24-25-40-44(37(30)28-34)45-41(56-40)26-27-42-46(45)51-50(57-42)33-12-5-2-6-13-33/h1-28H. The Morgan fingerprint density at radius 3 is 1.68 bits per heavy atom. The van der Waals surface area contributed by atoms with Crippen LogP contribution in [0, 0.1) is 0 Å². The molecule has 7 heteroatoms. The van der Waals surface area contributed by atoms with E-state index >= 15 is 0 Å². The van der Waals surface area contributed by atoms with Crippen LogP contribution < -0.4 is 0 Å². The van der Waals surface area contributed by atoms with Crippen LogP contribution in [0.4, 0.5) is 0 Å². The second-order valence-corrected chi connectivity index (χ2v) is 14.2. The first kappa shape index (κ1) is 31.5. The van der Waals surface area contributed by atoms with Crippen molar-refractivity contribution >= 4 is 65.7 Å². The van der Waals surface area contributed by atoms with Crippen LogP contribution in [0.3, 0.4) is 0 Å². The van der Waals surface area contributed by atoms with Crippen molar-refractivity contribution in [1.29, 1.82) is 0 Å². The molecule has 4 aromatic heterocycles. The Morgan fingerprint density at radius 2 is 0.877 bits per heavy atom. The normalized spacial score (nSPS) is 11.9. The molecular formula is C50H28N4O3. The van der Waals surface area contributed by atoms with Gasteiger partial charge >= 0.3 is 0 Å². The van der Waals surface area contributed by atoms with Crippen LogP contribution in [-0.4, -0.2) is 19.9 Å². The van der Waals surface area contributed by atoms with Gasteiger partial charge in [-0.05, 0) is 70.4 Å². The highest BCUT2D eigenvalue weighted by Crippen LogP contribution is 2.41. The first-order valence-corrected chi connectivity index (χ1v) is 18.8. The monoisotopic (exact) mass is 732 g/mol. The lowest BCUT2D eigenvalue weighted by molar-refractivity contribution is 0.619. The van der Waals surface area contributed by atoms with Crippen molar-refractivity contribution in [3.63, 3.8) is 0 Å². The van der Waals surface area contributed by atoms with E-state index in [1.807, 2.05) is 109 Å². The molecule has 0 aliphatic rings. The lowest BCUT2D eigenvalue weighted by Gasteiger charge is -2.10. The number of rotatable bonds is 5. The Balaban J connectivity index is 1.01. The fourth-order valence-corrected chi connectivity index (χ4v) is 8.07. The van der Waals surface area contributed by atoms with Gasteiger partial charge in [0.15, 0.2) is 23.1 Å². The van der Waals surface area contributed by atoms with Gasteiger partial charge in [0.1, 0.15) is 27.8 Å². The van der Waals surface area contributed by atoms with E-state index in [1.165, 1.54) is 0 Å². The zero-order valence-electron chi connectivity index (χ0n) is 30.2. The minimum atomic E-state index is 0.569. The molecule has 57 heavy (non-hydrogen) atoms. The van der Waals surface area contributed by atoms with Crippen molar-refractivity contribution in [3.8, 4) is 56.7 Å². The van der Waals surface area contributed by atoms with Gasteiger partial charge in [-0.2, -0.15) is 0 Å². The quantitative estimate of drug-likeness (QED) is 0.174. The Hall–Kier alpha value is -7.90. The Kier molecular flexibility index (Phi) is 6.79. The number of furan rings is 2. The number of nitrogens with zero attached hydrogens (tertiary/aromatic N) is 4. The van der Waals surface area contributed by atoms with Crippen molar-refractivity contribution in [1.82, 2.24) is 19.9 Å². The van der Waals surface area contributed by atoms with Crippen LogP contribution in [0.25, 0.3) is 122 Å². The first-order chi connectivity index (χ1) is 28.2. The molecule has 0 fully saturated rings. The summed E-state index contributed by atoms with van der Waals surface area (Å²) in [6, 6.07) is 57.1. The van der Waals surface area contributed by atoms with E-state index in [1.54, 1.807) is 0 Å². The molecule has 4 heterocycles. The van der Waals surface area contributed by atoms with Crippen molar-refractivity contribution < 1.29 is 13.3 Å². The minimum Gasteiger partial charge on any atom is -0.456 e. The first-order valence-electron chi connectivity index (χ1n) is 18.8. The fourth-order valence-electron chi connectivity index (χ4n) is 8.07. The van der Waals surface area contributed by atoms with Crippen LogP contribution in [0.15, 0.2) is 183 Å². The van der Waals surface area contributed by atoms with Gasteiger partial charge in [0.25, 0.3) is 0 Å². The zero-order chi connectivity index (χ0) is 37.5. The van der Waals surface area contributed by atoms with E-state index in [-0.39, 0.29) is 0 Å². The lowest BCUT2D eigenvalue weighted by atomic mass is 9.98. The summed E-state index contributed by atoms with van der Waals surface area (Å²) < 4.78 is 18.9. The molecule has 0 atom stereocenters. The molecule has 0 saturated carbocycles. The molecule has 12 aromatic rings. The summed E-state index contributed by atoms with van der Waals surface area (Å²) in [6.07, 6.45) is 0. The second kappa shape index (κ2) is 12.3. The summed E-state index contributed by atoms with van der Waals surface area (Å²) >= 11 is 0. The molecule has 0 aliphatic carbocycles. The molecular weight excluding hydrogens is 705 g/mol. The van der Waals surface area contributed by atoms with Crippen molar-refractivity contribution in [3.05, 3.63) is 170 Å². The van der Waals surface area contributed by atoms with Gasteiger partial charge in [0.2, 0.25) is 5.89 Å². The number of fused-ring (bicyclic) bond motifs is 10. The van der Waals surface area contributed by atoms with E-state index < -0.39 is 0 Å². The zero-order valence-corrected chi connectivity index (χ0v) is 30.2. The second-order valence-electron chi connectivity index (χ2n) is 14.2. The van der Waals surface area contributed by atoms with Crippen molar-refractivity contribution in [2.75, 3.05) is 0 Å². The van der Waals surface area contributed by atoms with E-state index in [0.717, 1.165) is 93.5 Å². The van der Waals surface area contributed by atoms with E-state index in [9.17, 15) is 0 Å². The maximum Gasteiger partial charge on any atom is 0.227 e. The number of para-hydroxylation sites is 1. The Bertz CT molecular complexity index is 3510. The van der Waals surface area contributed by atoms with E-state index in [2.05, 4.69) is 60.7 Å². The smallest absolute Gasteiger partial charge is 0.227 e. The molecule has 0 N–H and O–H groups in total. The highest BCUT2D eigenvalue weighted by molar-refractivity contribution is 6.25. The van der Waals surface area contributed by atoms with E-state index in [4.69, 9.17) is 33.2 Å². The molecule has 0 spiro atoms. The molecule has 0 bridgehead atoms. The number of aromatic nitrogens is 4. The van der Waals surface area contributed by atoms with Gasteiger partial charge < -0.3 is 13.3 Å². The summed E-state index contributed by atoms with van der Waals surface area (Å²) in [5.41, 5.74) is 10.5. The molecule has 8 aromatic carbocycles. The predicted octanol–water partition coefficient (Wildman–Crippen LogP) is 13.3. The molecule has 0 aliphatic heterocycles. The van der Waals surface area contributed by atoms with Gasteiger partial charge in [-0.1, -0.05) is 121 Å².